The molecule has 0 aliphatic carbocycles. The van der Waals surface area contributed by atoms with Crippen LogP contribution in [0, 0.1) is 0 Å². The highest BCUT2D eigenvalue weighted by Crippen LogP contribution is 2.28. The Morgan fingerprint density at radius 3 is 2.93 bits per heavy atom. The fraction of sp³-hybridized carbons (Fsp3) is 0.364. The first kappa shape index (κ1) is 9.32. The molecule has 1 aliphatic heterocycles. The third kappa shape index (κ3) is 1.43. The Morgan fingerprint density at radius 2 is 2.21 bits per heavy atom. The van der Waals surface area contributed by atoms with Crippen molar-refractivity contribution in [2.75, 3.05) is 11.9 Å². The maximum absolute atomic E-state index is 11.4. The van der Waals surface area contributed by atoms with Crippen molar-refractivity contribution in [2.24, 2.45) is 0 Å². The van der Waals surface area contributed by atoms with Crippen molar-refractivity contribution in [3.63, 3.8) is 0 Å². The summed E-state index contributed by atoms with van der Waals surface area (Å²) in [4.78, 5) is 13.5. The normalized spacial score (nSPS) is 20.4. The number of fused-ring (bicyclic) bond motifs is 1. The lowest BCUT2D eigenvalue weighted by Crippen LogP contribution is -2.42. The lowest BCUT2D eigenvalue weighted by molar-refractivity contribution is -0.113. The van der Waals surface area contributed by atoms with Crippen molar-refractivity contribution in [2.45, 2.75) is 18.9 Å². The van der Waals surface area contributed by atoms with Crippen molar-refractivity contribution in [1.29, 1.82) is 0 Å². The zero-order chi connectivity index (χ0) is 10.1. The molecule has 0 amide bonds. The average molecular weight is 187 g/mol. The van der Waals surface area contributed by atoms with Crippen LogP contribution in [0.3, 0.4) is 0 Å². The van der Waals surface area contributed by atoms with Crippen molar-refractivity contribution < 1.29 is 4.79 Å². The molecule has 14 heavy (non-hydrogen) atoms. The van der Waals surface area contributed by atoms with Gasteiger partial charge in [0.25, 0.3) is 0 Å². The van der Waals surface area contributed by atoms with Crippen LogP contribution in [0.25, 0.3) is 0 Å². The van der Waals surface area contributed by atoms with Gasteiger partial charge in [0.05, 0.1) is 6.04 Å². The second-order valence-electron chi connectivity index (χ2n) is 3.90. The standard InChI is InChI=1S/C11H14BNO/c1-13-9-5-3-2-4-8(9)6-7-10(13)11(12)14/h2-5,10H,6-7,12H2,1H3. The van der Waals surface area contributed by atoms with Crippen LogP contribution in [0.5, 0.6) is 0 Å². The molecule has 1 aromatic carbocycles. The van der Waals surface area contributed by atoms with Gasteiger partial charge in [0.15, 0.2) is 7.85 Å². The van der Waals surface area contributed by atoms with E-state index in [1.807, 2.05) is 13.1 Å². The molecular weight excluding hydrogens is 173 g/mol. The summed E-state index contributed by atoms with van der Waals surface area (Å²) in [6, 6.07) is 8.38. The molecule has 0 saturated carbocycles. The highest BCUT2D eigenvalue weighted by molar-refractivity contribution is 6.59. The number of aryl methyl sites for hydroxylation is 1. The molecular formula is C11H14BNO. The second-order valence-corrected chi connectivity index (χ2v) is 3.90. The van der Waals surface area contributed by atoms with Crippen LogP contribution in [-0.4, -0.2) is 26.6 Å². The number of rotatable bonds is 1. The number of para-hydroxylation sites is 1. The number of likely N-dealkylation sites (N-methyl/N-ethyl adjacent to an activating group) is 1. The summed E-state index contributed by atoms with van der Waals surface area (Å²) in [5.41, 5.74) is 2.83. The topological polar surface area (TPSA) is 20.3 Å². The highest BCUT2D eigenvalue weighted by atomic mass is 16.1. The van der Waals surface area contributed by atoms with Gasteiger partial charge in [-0.15, -0.1) is 0 Å². The third-order valence-electron chi connectivity index (χ3n) is 3.00. The number of nitrogens with zero attached hydrogens (tertiary/aromatic N) is 1. The van der Waals surface area contributed by atoms with Crippen molar-refractivity contribution in [3.8, 4) is 0 Å². The SMILES string of the molecule is BC(=O)C1CCc2ccccc2N1C. The van der Waals surface area contributed by atoms with Crippen LogP contribution in [-0.2, 0) is 11.2 Å². The first-order chi connectivity index (χ1) is 6.70. The molecule has 1 aromatic rings. The molecule has 1 atom stereocenters. The van der Waals surface area contributed by atoms with Crippen LogP contribution < -0.4 is 4.90 Å². The molecule has 2 nitrogen and oxygen atoms in total. The molecule has 0 aromatic heterocycles. The molecule has 72 valence electrons. The first-order valence-corrected chi connectivity index (χ1v) is 5.01. The number of benzene rings is 1. The van der Waals surface area contributed by atoms with Gasteiger partial charge < -0.3 is 9.69 Å². The predicted molar refractivity (Wildman–Crippen MR) is 60.5 cm³/mol. The van der Waals surface area contributed by atoms with Crippen molar-refractivity contribution in [3.05, 3.63) is 29.8 Å². The number of carbonyl (C=O) groups excluding carboxylic acids is 1. The monoisotopic (exact) mass is 187 g/mol. The zero-order valence-electron chi connectivity index (χ0n) is 8.66. The van der Waals surface area contributed by atoms with Gasteiger partial charge in [-0.2, -0.15) is 0 Å². The number of carbonyl (C=O) groups is 1. The van der Waals surface area contributed by atoms with Crippen LogP contribution in [0.2, 0.25) is 0 Å². The molecule has 0 radical (unpaired) electrons. The Morgan fingerprint density at radius 1 is 1.50 bits per heavy atom. The number of hydrogen-bond donors (Lipinski definition) is 0. The van der Waals surface area contributed by atoms with Gasteiger partial charge in [0.1, 0.15) is 5.68 Å². The quantitative estimate of drug-likeness (QED) is 0.600. The summed E-state index contributed by atoms with van der Waals surface area (Å²) >= 11 is 0. The van der Waals surface area contributed by atoms with Gasteiger partial charge in [-0.1, -0.05) is 18.2 Å². The maximum atomic E-state index is 11.4. The van der Waals surface area contributed by atoms with E-state index in [1.165, 1.54) is 11.3 Å². The van der Waals surface area contributed by atoms with E-state index in [0.717, 1.165) is 12.8 Å². The van der Waals surface area contributed by atoms with Gasteiger partial charge >= 0.3 is 0 Å². The minimum absolute atomic E-state index is 0.0740. The van der Waals surface area contributed by atoms with E-state index < -0.39 is 0 Å². The molecule has 1 aliphatic rings. The van der Waals surface area contributed by atoms with Crippen LogP contribution in [0.4, 0.5) is 5.69 Å². The number of anilines is 1. The number of hydrogen-bond acceptors (Lipinski definition) is 2. The molecule has 3 heteroatoms. The Labute approximate surface area is 85.3 Å². The zero-order valence-corrected chi connectivity index (χ0v) is 8.66. The fourth-order valence-corrected chi connectivity index (χ4v) is 2.20. The summed E-state index contributed by atoms with van der Waals surface area (Å²) < 4.78 is 0. The van der Waals surface area contributed by atoms with Crippen LogP contribution >= 0.6 is 0 Å². The predicted octanol–water partition coefficient (Wildman–Crippen LogP) is 0.597. The second kappa shape index (κ2) is 3.48. The average Bonchev–Trinajstić information content (AvgIpc) is 2.18. The summed E-state index contributed by atoms with van der Waals surface area (Å²) in [5.74, 6) is 0. The van der Waals surface area contributed by atoms with Crippen LogP contribution in [0.15, 0.2) is 24.3 Å². The minimum Gasteiger partial charge on any atom is -0.365 e. The van der Waals surface area contributed by atoms with Crippen molar-refractivity contribution >= 4 is 19.2 Å². The first-order valence-electron chi connectivity index (χ1n) is 5.01. The minimum atomic E-state index is 0.0740. The van der Waals surface area contributed by atoms with Gasteiger partial charge in [0, 0.05) is 12.7 Å². The van der Waals surface area contributed by atoms with Gasteiger partial charge in [0.2, 0.25) is 0 Å². The lowest BCUT2D eigenvalue weighted by atomic mass is 9.86. The Hall–Kier alpha value is -1.25. The molecule has 0 spiro atoms. The Bertz CT molecular complexity index is 364. The Balaban J connectivity index is 2.36. The van der Waals surface area contributed by atoms with Gasteiger partial charge in [-0.3, -0.25) is 0 Å². The summed E-state index contributed by atoms with van der Waals surface area (Å²) in [5, 5.41) is 0. The molecule has 0 fully saturated rings. The van der Waals surface area contributed by atoms with Gasteiger partial charge in [-0.05, 0) is 24.5 Å². The van der Waals surface area contributed by atoms with E-state index in [9.17, 15) is 4.79 Å². The van der Waals surface area contributed by atoms with E-state index in [4.69, 9.17) is 0 Å². The lowest BCUT2D eigenvalue weighted by Gasteiger charge is -2.34. The van der Waals surface area contributed by atoms with E-state index in [0.29, 0.717) is 0 Å². The summed E-state index contributed by atoms with van der Waals surface area (Å²) in [7, 11) is 3.68. The third-order valence-corrected chi connectivity index (χ3v) is 3.00. The van der Waals surface area contributed by atoms with Crippen LogP contribution in [0.1, 0.15) is 12.0 Å². The molecule has 0 bridgehead atoms. The van der Waals surface area contributed by atoms with Crippen molar-refractivity contribution in [1.82, 2.24) is 0 Å². The molecule has 2 rings (SSSR count). The van der Waals surface area contributed by atoms with E-state index >= 15 is 0 Å². The fourth-order valence-electron chi connectivity index (χ4n) is 2.20. The summed E-state index contributed by atoms with van der Waals surface area (Å²) in [6.07, 6.45) is 1.97. The molecule has 0 N–H and O–H groups in total. The molecule has 1 unspecified atom stereocenters. The van der Waals surface area contributed by atoms with Gasteiger partial charge in [-0.25, -0.2) is 0 Å². The summed E-state index contributed by atoms with van der Waals surface area (Å²) in [6.45, 7) is 0. The maximum Gasteiger partial charge on any atom is 0.190 e. The van der Waals surface area contributed by atoms with E-state index in [1.54, 1.807) is 7.85 Å². The smallest absolute Gasteiger partial charge is 0.190 e. The molecule has 0 saturated heterocycles. The highest BCUT2D eigenvalue weighted by Gasteiger charge is 2.25. The molecule has 1 heterocycles. The van der Waals surface area contributed by atoms with E-state index in [-0.39, 0.29) is 11.7 Å². The Kier molecular flexibility index (Phi) is 2.32. The van der Waals surface area contributed by atoms with E-state index in [2.05, 4.69) is 23.1 Å². The largest absolute Gasteiger partial charge is 0.365 e.